The molecule has 9 heteroatoms. The number of nitrogens with one attached hydrogen (secondary N) is 1. The molecule has 1 fully saturated rings. The summed E-state index contributed by atoms with van der Waals surface area (Å²) >= 11 is 0. The van der Waals surface area contributed by atoms with Crippen molar-refractivity contribution in [2.45, 2.75) is 25.8 Å². The number of aromatic nitrogens is 4. The SMILES string of the molecule is O=C(c1cnccn1)N1CCc2nc(N3CCCC3)nc(Nc3cccc(F)c3)c2C1. The van der Waals surface area contributed by atoms with Crippen molar-refractivity contribution in [3.05, 3.63) is 65.6 Å². The van der Waals surface area contributed by atoms with E-state index < -0.39 is 0 Å². The van der Waals surface area contributed by atoms with Crippen LogP contribution in [-0.2, 0) is 13.0 Å². The fourth-order valence-electron chi connectivity index (χ4n) is 4.01. The number of carbonyl (C=O) groups excluding carboxylic acids is 1. The van der Waals surface area contributed by atoms with E-state index >= 15 is 0 Å². The largest absolute Gasteiger partial charge is 0.341 e. The van der Waals surface area contributed by atoms with Crippen molar-refractivity contribution in [1.29, 1.82) is 0 Å². The summed E-state index contributed by atoms with van der Waals surface area (Å²) < 4.78 is 13.7. The Morgan fingerprint density at radius 1 is 1.10 bits per heavy atom. The maximum Gasteiger partial charge on any atom is 0.274 e. The van der Waals surface area contributed by atoms with Gasteiger partial charge in [-0.05, 0) is 31.0 Å². The van der Waals surface area contributed by atoms with Crippen LogP contribution in [0.2, 0.25) is 0 Å². The number of benzene rings is 1. The molecule has 3 aromatic rings. The highest BCUT2D eigenvalue weighted by Crippen LogP contribution is 2.30. The maximum atomic E-state index is 13.7. The Balaban J connectivity index is 1.49. The molecule has 8 nitrogen and oxygen atoms in total. The molecule has 158 valence electrons. The molecule has 31 heavy (non-hydrogen) atoms. The molecular formula is C22H22FN7O. The van der Waals surface area contributed by atoms with Crippen molar-refractivity contribution in [2.24, 2.45) is 0 Å². The van der Waals surface area contributed by atoms with Crippen LogP contribution in [0.5, 0.6) is 0 Å². The molecule has 1 aromatic carbocycles. The van der Waals surface area contributed by atoms with Gasteiger partial charge >= 0.3 is 0 Å². The Morgan fingerprint density at radius 2 is 1.97 bits per heavy atom. The van der Waals surface area contributed by atoms with Gasteiger partial charge in [0.05, 0.1) is 18.4 Å². The van der Waals surface area contributed by atoms with Gasteiger partial charge in [0.2, 0.25) is 5.95 Å². The summed E-state index contributed by atoms with van der Waals surface area (Å²) in [5, 5.41) is 3.25. The van der Waals surface area contributed by atoms with Crippen molar-refractivity contribution >= 4 is 23.4 Å². The summed E-state index contributed by atoms with van der Waals surface area (Å²) in [5.41, 5.74) is 2.67. The number of hydrogen-bond donors (Lipinski definition) is 1. The van der Waals surface area contributed by atoms with Crippen molar-refractivity contribution in [3.8, 4) is 0 Å². The number of amides is 1. The lowest BCUT2D eigenvalue weighted by atomic mass is 10.1. The summed E-state index contributed by atoms with van der Waals surface area (Å²) in [7, 11) is 0. The first kappa shape index (κ1) is 19.3. The van der Waals surface area contributed by atoms with Crippen LogP contribution in [0.1, 0.15) is 34.6 Å². The monoisotopic (exact) mass is 419 g/mol. The van der Waals surface area contributed by atoms with Crippen LogP contribution in [0.4, 0.5) is 21.8 Å². The standard InChI is InChI=1S/C22H22FN7O/c23-15-4-3-5-16(12-15)26-20-17-14-30(21(31)19-13-24-7-8-25-19)11-6-18(17)27-22(28-20)29-9-1-2-10-29/h3-5,7-8,12-13H,1-2,6,9-11,14H2,(H,26,27,28). The fourth-order valence-corrected chi connectivity index (χ4v) is 4.01. The predicted octanol–water partition coefficient (Wildman–Crippen LogP) is 2.95. The summed E-state index contributed by atoms with van der Waals surface area (Å²) in [6.45, 7) is 2.74. The molecule has 0 spiro atoms. The Labute approximate surface area is 179 Å². The average Bonchev–Trinajstić information content (AvgIpc) is 3.34. The first-order chi connectivity index (χ1) is 15.2. The summed E-state index contributed by atoms with van der Waals surface area (Å²) in [6.07, 6.45) is 7.37. The normalized spacial score (nSPS) is 15.6. The minimum atomic E-state index is -0.327. The van der Waals surface area contributed by atoms with Crippen LogP contribution >= 0.6 is 0 Å². The van der Waals surface area contributed by atoms with Gasteiger partial charge in [-0.1, -0.05) is 6.07 Å². The second-order valence-corrected chi connectivity index (χ2v) is 7.69. The molecule has 0 bridgehead atoms. The maximum absolute atomic E-state index is 13.7. The molecule has 0 radical (unpaired) electrons. The fraction of sp³-hybridized carbons (Fsp3) is 0.318. The highest BCUT2D eigenvalue weighted by atomic mass is 19.1. The number of fused-ring (bicyclic) bond motifs is 1. The predicted molar refractivity (Wildman–Crippen MR) is 114 cm³/mol. The lowest BCUT2D eigenvalue weighted by Gasteiger charge is -2.30. The molecular weight excluding hydrogens is 397 g/mol. The minimum absolute atomic E-state index is 0.181. The van der Waals surface area contributed by atoms with E-state index in [4.69, 9.17) is 9.97 Å². The van der Waals surface area contributed by atoms with E-state index in [1.165, 1.54) is 30.7 Å². The van der Waals surface area contributed by atoms with Crippen molar-refractivity contribution in [3.63, 3.8) is 0 Å². The van der Waals surface area contributed by atoms with E-state index in [0.29, 0.717) is 42.7 Å². The van der Waals surface area contributed by atoms with Gasteiger partial charge in [-0.25, -0.2) is 14.4 Å². The first-order valence-corrected chi connectivity index (χ1v) is 10.4. The highest BCUT2D eigenvalue weighted by Gasteiger charge is 2.28. The third-order valence-electron chi connectivity index (χ3n) is 5.59. The lowest BCUT2D eigenvalue weighted by Crippen LogP contribution is -2.37. The van der Waals surface area contributed by atoms with Gasteiger partial charge in [-0.2, -0.15) is 4.98 Å². The van der Waals surface area contributed by atoms with Crippen LogP contribution in [0.25, 0.3) is 0 Å². The third kappa shape index (κ3) is 4.03. The van der Waals surface area contributed by atoms with Crippen molar-refractivity contribution in [2.75, 3.05) is 29.9 Å². The molecule has 0 aliphatic carbocycles. The molecule has 1 amide bonds. The summed E-state index contributed by atoms with van der Waals surface area (Å²) in [6, 6.07) is 6.27. The van der Waals surface area contributed by atoms with Crippen LogP contribution < -0.4 is 10.2 Å². The van der Waals surface area contributed by atoms with Gasteiger partial charge in [-0.15, -0.1) is 0 Å². The Bertz CT molecular complexity index is 1100. The molecule has 5 rings (SSSR count). The number of rotatable bonds is 4. The number of halogens is 1. The average molecular weight is 419 g/mol. The van der Waals surface area contributed by atoms with E-state index in [1.54, 1.807) is 17.0 Å². The Kier molecular flexibility index (Phi) is 5.15. The smallest absolute Gasteiger partial charge is 0.274 e. The van der Waals surface area contributed by atoms with Gasteiger partial charge < -0.3 is 15.1 Å². The Hall–Kier alpha value is -3.62. The van der Waals surface area contributed by atoms with E-state index in [2.05, 4.69) is 20.2 Å². The number of nitrogens with zero attached hydrogens (tertiary/aromatic N) is 6. The number of carbonyl (C=O) groups is 1. The molecule has 2 aliphatic heterocycles. The highest BCUT2D eigenvalue weighted by molar-refractivity contribution is 5.92. The summed E-state index contributed by atoms with van der Waals surface area (Å²) in [4.78, 5) is 34.5. The molecule has 1 saturated heterocycles. The zero-order valence-electron chi connectivity index (χ0n) is 17.0. The quantitative estimate of drug-likeness (QED) is 0.696. The molecule has 2 aromatic heterocycles. The number of anilines is 3. The van der Waals surface area contributed by atoms with E-state index in [1.807, 2.05) is 0 Å². The first-order valence-electron chi connectivity index (χ1n) is 10.4. The van der Waals surface area contributed by atoms with Crippen LogP contribution in [0.3, 0.4) is 0 Å². The van der Waals surface area contributed by atoms with Gasteiger partial charge in [0.1, 0.15) is 17.3 Å². The zero-order valence-corrected chi connectivity index (χ0v) is 17.0. The van der Waals surface area contributed by atoms with E-state index in [-0.39, 0.29) is 11.7 Å². The van der Waals surface area contributed by atoms with Gasteiger partial charge in [0.25, 0.3) is 5.91 Å². The Morgan fingerprint density at radius 3 is 2.74 bits per heavy atom. The molecule has 2 aliphatic rings. The van der Waals surface area contributed by atoms with Gasteiger partial charge in [0, 0.05) is 49.7 Å². The van der Waals surface area contributed by atoms with E-state index in [9.17, 15) is 9.18 Å². The molecule has 1 N–H and O–H groups in total. The summed E-state index contributed by atoms with van der Waals surface area (Å²) in [5.74, 6) is 0.782. The second-order valence-electron chi connectivity index (χ2n) is 7.69. The second kappa shape index (κ2) is 8.25. The van der Waals surface area contributed by atoms with Crippen LogP contribution in [0, 0.1) is 5.82 Å². The number of hydrogen-bond acceptors (Lipinski definition) is 7. The zero-order chi connectivity index (χ0) is 21.2. The molecule has 0 atom stereocenters. The molecule has 0 unspecified atom stereocenters. The van der Waals surface area contributed by atoms with Crippen LogP contribution in [0.15, 0.2) is 42.9 Å². The topological polar surface area (TPSA) is 87.1 Å². The minimum Gasteiger partial charge on any atom is -0.341 e. The molecule has 0 saturated carbocycles. The van der Waals surface area contributed by atoms with Crippen molar-refractivity contribution in [1.82, 2.24) is 24.8 Å². The third-order valence-corrected chi connectivity index (χ3v) is 5.59. The lowest BCUT2D eigenvalue weighted by molar-refractivity contribution is 0.0727. The van der Waals surface area contributed by atoms with Crippen molar-refractivity contribution < 1.29 is 9.18 Å². The molecule has 4 heterocycles. The van der Waals surface area contributed by atoms with Crippen LogP contribution in [-0.4, -0.2) is 50.4 Å². The van der Waals surface area contributed by atoms with E-state index in [0.717, 1.165) is 37.2 Å². The van der Waals surface area contributed by atoms with Gasteiger partial charge in [-0.3, -0.25) is 9.78 Å². The van der Waals surface area contributed by atoms with Gasteiger partial charge in [0.15, 0.2) is 0 Å².